The zero-order valence-electron chi connectivity index (χ0n) is 10.3. The van der Waals surface area contributed by atoms with Crippen LogP contribution < -0.4 is 5.32 Å². The van der Waals surface area contributed by atoms with Crippen molar-refractivity contribution in [3.05, 3.63) is 35.6 Å². The molecule has 1 aromatic rings. The molecule has 1 fully saturated rings. The third-order valence-electron chi connectivity index (χ3n) is 3.73. The van der Waals surface area contributed by atoms with Gasteiger partial charge < -0.3 is 10.4 Å². The van der Waals surface area contributed by atoms with E-state index in [1.54, 1.807) is 18.2 Å². The van der Waals surface area contributed by atoms with Gasteiger partial charge in [0.15, 0.2) is 0 Å². The molecule has 98 valence electrons. The molecule has 0 heterocycles. The third-order valence-corrected chi connectivity index (χ3v) is 3.73. The number of nitrogens with one attached hydrogen (secondary N) is 1. The zero-order valence-corrected chi connectivity index (χ0v) is 10.3. The number of carbonyl (C=O) groups is 1. The fourth-order valence-electron chi connectivity index (χ4n) is 2.26. The highest BCUT2D eigenvalue weighted by molar-refractivity contribution is 5.83. The Labute approximate surface area is 106 Å². The van der Waals surface area contributed by atoms with Crippen LogP contribution in [0.2, 0.25) is 0 Å². The van der Waals surface area contributed by atoms with Crippen LogP contribution in [0.15, 0.2) is 24.3 Å². The van der Waals surface area contributed by atoms with Gasteiger partial charge >= 0.3 is 0 Å². The van der Waals surface area contributed by atoms with Crippen molar-refractivity contribution in [2.75, 3.05) is 13.2 Å². The SMILES string of the molecule is O=C(NCCc1ccccc1F)C1(CO)CCC1. The van der Waals surface area contributed by atoms with Crippen molar-refractivity contribution in [2.45, 2.75) is 25.7 Å². The summed E-state index contributed by atoms with van der Waals surface area (Å²) in [5, 5.41) is 12.0. The molecular formula is C14H18FNO2. The Morgan fingerprint density at radius 3 is 2.67 bits per heavy atom. The van der Waals surface area contributed by atoms with Gasteiger partial charge in [-0.25, -0.2) is 4.39 Å². The molecule has 4 heteroatoms. The first-order valence-electron chi connectivity index (χ1n) is 6.30. The smallest absolute Gasteiger partial charge is 0.228 e. The van der Waals surface area contributed by atoms with Gasteiger partial charge in [-0.3, -0.25) is 4.79 Å². The van der Waals surface area contributed by atoms with E-state index in [9.17, 15) is 14.3 Å². The Morgan fingerprint density at radius 1 is 1.39 bits per heavy atom. The first-order chi connectivity index (χ1) is 8.68. The average Bonchev–Trinajstić information content (AvgIpc) is 2.31. The van der Waals surface area contributed by atoms with Crippen molar-refractivity contribution in [1.82, 2.24) is 5.32 Å². The lowest BCUT2D eigenvalue weighted by Crippen LogP contribution is -2.48. The minimum atomic E-state index is -0.574. The Hall–Kier alpha value is -1.42. The molecule has 1 aromatic carbocycles. The van der Waals surface area contributed by atoms with Crippen molar-refractivity contribution < 1.29 is 14.3 Å². The molecule has 0 aromatic heterocycles. The number of halogens is 1. The van der Waals surface area contributed by atoms with Crippen molar-refractivity contribution in [2.24, 2.45) is 5.41 Å². The van der Waals surface area contributed by atoms with Gasteiger partial charge in [-0.15, -0.1) is 0 Å². The summed E-state index contributed by atoms with van der Waals surface area (Å²) in [4.78, 5) is 11.9. The fraction of sp³-hybridized carbons (Fsp3) is 0.500. The Balaban J connectivity index is 1.82. The highest BCUT2D eigenvalue weighted by atomic mass is 19.1. The number of amides is 1. The maximum atomic E-state index is 13.3. The van der Waals surface area contributed by atoms with Crippen molar-refractivity contribution in [3.8, 4) is 0 Å². The number of hydrogen-bond donors (Lipinski definition) is 2. The zero-order chi connectivity index (χ0) is 13.0. The summed E-state index contributed by atoms with van der Waals surface area (Å²) < 4.78 is 13.3. The monoisotopic (exact) mass is 251 g/mol. The minimum absolute atomic E-state index is 0.0987. The lowest BCUT2D eigenvalue weighted by Gasteiger charge is -2.38. The number of carbonyl (C=O) groups excluding carboxylic acids is 1. The van der Waals surface area contributed by atoms with Gasteiger partial charge in [0.2, 0.25) is 5.91 Å². The van der Waals surface area contributed by atoms with Crippen molar-refractivity contribution >= 4 is 5.91 Å². The quantitative estimate of drug-likeness (QED) is 0.836. The number of rotatable bonds is 5. The van der Waals surface area contributed by atoms with Crippen LogP contribution in [0.25, 0.3) is 0 Å². The summed E-state index contributed by atoms with van der Waals surface area (Å²) in [5.74, 6) is -0.347. The van der Waals surface area contributed by atoms with Gasteiger partial charge in [0.05, 0.1) is 12.0 Å². The number of aliphatic hydroxyl groups is 1. The van der Waals surface area contributed by atoms with Crippen LogP contribution in [-0.2, 0) is 11.2 Å². The summed E-state index contributed by atoms with van der Waals surface area (Å²) in [6.45, 7) is 0.306. The molecule has 1 aliphatic carbocycles. The number of aliphatic hydroxyl groups excluding tert-OH is 1. The van der Waals surface area contributed by atoms with Crippen LogP contribution in [0.3, 0.4) is 0 Å². The first-order valence-corrected chi connectivity index (χ1v) is 6.30. The molecule has 0 spiro atoms. The van der Waals surface area contributed by atoms with E-state index in [1.807, 2.05) is 0 Å². The fourth-order valence-corrected chi connectivity index (χ4v) is 2.26. The molecule has 0 radical (unpaired) electrons. The average molecular weight is 251 g/mol. The Bertz CT molecular complexity index is 424. The maximum absolute atomic E-state index is 13.3. The largest absolute Gasteiger partial charge is 0.395 e. The van der Waals surface area contributed by atoms with Gasteiger partial charge in [0.1, 0.15) is 5.82 Å². The minimum Gasteiger partial charge on any atom is -0.395 e. The lowest BCUT2D eigenvalue weighted by molar-refractivity contribution is -0.139. The second-order valence-corrected chi connectivity index (χ2v) is 4.89. The molecule has 3 nitrogen and oxygen atoms in total. The molecule has 1 saturated carbocycles. The predicted octanol–water partition coefficient (Wildman–Crippen LogP) is 1.65. The molecule has 2 rings (SSSR count). The van der Waals surface area contributed by atoms with E-state index in [0.29, 0.717) is 18.5 Å². The normalized spacial score (nSPS) is 17.0. The van der Waals surface area contributed by atoms with Gasteiger partial charge in [-0.1, -0.05) is 24.6 Å². The molecule has 18 heavy (non-hydrogen) atoms. The summed E-state index contributed by atoms with van der Waals surface area (Å²) in [7, 11) is 0. The second-order valence-electron chi connectivity index (χ2n) is 4.89. The van der Waals surface area contributed by atoms with Crippen molar-refractivity contribution in [3.63, 3.8) is 0 Å². The van der Waals surface area contributed by atoms with E-state index in [4.69, 9.17) is 0 Å². The van der Waals surface area contributed by atoms with E-state index in [2.05, 4.69) is 5.32 Å². The summed E-state index contributed by atoms with van der Waals surface area (Å²) in [5.41, 5.74) is 0.0272. The lowest BCUT2D eigenvalue weighted by atomic mass is 9.68. The third kappa shape index (κ3) is 2.53. The van der Waals surface area contributed by atoms with Crippen molar-refractivity contribution in [1.29, 1.82) is 0 Å². The van der Waals surface area contributed by atoms with Crippen LogP contribution in [0, 0.1) is 11.2 Å². The van der Waals surface area contributed by atoms with E-state index in [-0.39, 0.29) is 18.3 Å². The van der Waals surface area contributed by atoms with Gasteiger partial charge in [0.25, 0.3) is 0 Å². The molecule has 0 atom stereocenters. The van der Waals surface area contributed by atoms with E-state index < -0.39 is 5.41 Å². The van der Waals surface area contributed by atoms with Crippen LogP contribution in [-0.4, -0.2) is 24.2 Å². The molecule has 0 saturated heterocycles. The van der Waals surface area contributed by atoms with Gasteiger partial charge in [-0.2, -0.15) is 0 Å². The first kappa shape index (κ1) is 13.0. The summed E-state index contributed by atoms with van der Waals surface area (Å²) in [6, 6.07) is 6.55. The second kappa shape index (κ2) is 5.48. The molecule has 2 N–H and O–H groups in total. The van der Waals surface area contributed by atoms with Crippen LogP contribution in [0.5, 0.6) is 0 Å². The van der Waals surface area contributed by atoms with Crippen LogP contribution in [0.4, 0.5) is 4.39 Å². The van der Waals surface area contributed by atoms with E-state index in [0.717, 1.165) is 19.3 Å². The molecule has 0 unspecified atom stereocenters. The van der Waals surface area contributed by atoms with Crippen LogP contribution in [0.1, 0.15) is 24.8 Å². The maximum Gasteiger partial charge on any atom is 0.228 e. The predicted molar refractivity (Wildman–Crippen MR) is 66.5 cm³/mol. The number of benzene rings is 1. The summed E-state index contributed by atoms with van der Waals surface area (Å²) >= 11 is 0. The van der Waals surface area contributed by atoms with E-state index >= 15 is 0 Å². The molecule has 0 bridgehead atoms. The molecule has 1 aliphatic rings. The highest BCUT2D eigenvalue weighted by Gasteiger charge is 2.43. The molecule has 1 amide bonds. The molecule has 0 aliphatic heterocycles. The summed E-state index contributed by atoms with van der Waals surface area (Å²) in [6.07, 6.45) is 2.95. The molecular weight excluding hydrogens is 233 g/mol. The number of hydrogen-bond acceptors (Lipinski definition) is 2. The Kier molecular flexibility index (Phi) is 3.97. The van der Waals surface area contributed by atoms with Gasteiger partial charge in [-0.05, 0) is 30.9 Å². The van der Waals surface area contributed by atoms with Gasteiger partial charge in [0, 0.05) is 6.54 Å². The topological polar surface area (TPSA) is 49.3 Å². The van der Waals surface area contributed by atoms with E-state index in [1.165, 1.54) is 6.07 Å². The standard InChI is InChI=1S/C14H18FNO2/c15-12-5-2-1-4-11(12)6-9-16-13(18)14(10-17)7-3-8-14/h1-2,4-5,17H,3,6-10H2,(H,16,18). The highest BCUT2D eigenvalue weighted by Crippen LogP contribution is 2.40. The van der Waals surface area contributed by atoms with Crippen LogP contribution >= 0.6 is 0 Å². The Morgan fingerprint density at radius 2 is 2.11 bits per heavy atom.